The van der Waals surface area contributed by atoms with E-state index in [0.717, 1.165) is 24.4 Å². The number of fused-ring (bicyclic) bond motifs is 1. The Morgan fingerprint density at radius 2 is 2.14 bits per heavy atom. The fourth-order valence-electron chi connectivity index (χ4n) is 2.92. The van der Waals surface area contributed by atoms with Gasteiger partial charge < -0.3 is 20.1 Å². The Morgan fingerprint density at radius 1 is 1.38 bits per heavy atom. The highest BCUT2D eigenvalue weighted by molar-refractivity contribution is 5.44. The van der Waals surface area contributed by atoms with E-state index in [1.807, 2.05) is 6.07 Å². The molecule has 0 radical (unpaired) electrons. The van der Waals surface area contributed by atoms with E-state index in [2.05, 4.69) is 31.0 Å². The number of hydrogen-bond acceptors (Lipinski definition) is 4. The first-order chi connectivity index (χ1) is 10.1. The third-order valence-corrected chi connectivity index (χ3v) is 4.27. The largest absolute Gasteiger partial charge is 0.508 e. The minimum absolute atomic E-state index is 0.240. The van der Waals surface area contributed by atoms with E-state index in [0.29, 0.717) is 12.6 Å². The van der Waals surface area contributed by atoms with Crippen LogP contribution in [-0.2, 0) is 0 Å². The second-order valence-electron chi connectivity index (χ2n) is 5.82. The topological polar surface area (TPSA) is 44.7 Å². The van der Waals surface area contributed by atoms with Crippen LogP contribution in [0.3, 0.4) is 0 Å². The molecule has 4 heteroatoms. The van der Waals surface area contributed by atoms with E-state index < -0.39 is 0 Å². The third-order valence-electron chi connectivity index (χ3n) is 4.27. The van der Waals surface area contributed by atoms with E-state index in [1.54, 1.807) is 12.1 Å². The van der Waals surface area contributed by atoms with Gasteiger partial charge in [-0.15, -0.1) is 0 Å². The molecule has 1 aromatic carbocycles. The molecule has 0 fully saturated rings. The van der Waals surface area contributed by atoms with Gasteiger partial charge in [-0.3, -0.25) is 0 Å². The molecule has 0 amide bonds. The summed E-state index contributed by atoms with van der Waals surface area (Å²) >= 11 is 0. The molecular formula is C17H28N2O2. The highest BCUT2D eigenvalue weighted by Gasteiger charge is 2.25. The van der Waals surface area contributed by atoms with Gasteiger partial charge in [0.05, 0.1) is 6.04 Å². The van der Waals surface area contributed by atoms with Gasteiger partial charge in [-0.05, 0) is 51.5 Å². The highest BCUT2D eigenvalue weighted by Crippen LogP contribution is 2.35. The monoisotopic (exact) mass is 292 g/mol. The number of phenolic OH excluding ortho intramolecular Hbond substituents is 1. The van der Waals surface area contributed by atoms with Crippen LogP contribution in [-0.4, -0.2) is 42.3 Å². The molecule has 21 heavy (non-hydrogen) atoms. The van der Waals surface area contributed by atoms with Crippen LogP contribution in [0.4, 0.5) is 0 Å². The number of ether oxygens (including phenoxy) is 1. The fraction of sp³-hybridized carbons (Fsp3) is 0.647. The smallest absolute Gasteiger partial charge is 0.127 e. The van der Waals surface area contributed by atoms with Crippen molar-refractivity contribution in [1.29, 1.82) is 0 Å². The van der Waals surface area contributed by atoms with Crippen LogP contribution in [0, 0.1) is 0 Å². The van der Waals surface area contributed by atoms with Gasteiger partial charge in [0.2, 0.25) is 0 Å². The van der Waals surface area contributed by atoms with E-state index >= 15 is 0 Å². The molecule has 2 unspecified atom stereocenters. The van der Waals surface area contributed by atoms with E-state index in [1.165, 1.54) is 19.4 Å². The normalized spacial score (nSPS) is 18.6. The predicted molar refractivity (Wildman–Crippen MR) is 86.0 cm³/mol. The van der Waals surface area contributed by atoms with Crippen molar-refractivity contribution in [3.05, 3.63) is 23.8 Å². The average Bonchev–Trinajstić information content (AvgIpc) is 2.85. The maximum absolute atomic E-state index is 9.47. The Bertz CT molecular complexity index is 446. The summed E-state index contributed by atoms with van der Waals surface area (Å²) in [6.45, 7) is 10.8. The summed E-state index contributed by atoms with van der Waals surface area (Å²) in [6.07, 6.45) is 2.38. The van der Waals surface area contributed by atoms with Gasteiger partial charge in [0, 0.05) is 17.7 Å². The van der Waals surface area contributed by atoms with Crippen molar-refractivity contribution in [3.63, 3.8) is 0 Å². The molecule has 1 aromatic rings. The van der Waals surface area contributed by atoms with Crippen molar-refractivity contribution in [2.24, 2.45) is 0 Å². The first kappa shape index (κ1) is 16.1. The summed E-state index contributed by atoms with van der Waals surface area (Å²) in [5.74, 6) is 1.07. The van der Waals surface area contributed by atoms with Crippen molar-refractivity contribution in [3.8, 4) is 11.5 Å². The number of nitrogens with zero attached hydrogens (tertiary/aromatic N) is 1. The number of rotatable bonds is 8. The maximum atomic E-state index is 9.47. The average molecular weight is 292 g/mol. The van der Waals surface area contributed by atoms with Gasteiger partial charge in [0.25, 0.3) is 0 Å². The van der Waals surface area contributed by atoms with Crippen molar-refractivity contribution in [1.82, 2.24) is 10.2 Å². The van der Waals surface area contributed by atoms with Gasteiger partial charge in [-0.25, -0.2) is 0 Å². The summed E-state index contributed by atoms with van der Waals surface area (Å²) in [4.78, 5) is 2.46. The maximum Gasteiger partial charge on any atom is 0.127 e. The van der Waals surface area contributed by atoms with Gasteiger partial charge in [0.15, 0.2) is 0 Å². The molecule has 0 aromatic heterocycles. The summed E-state index contributed by atoms with van der Waals surface area (Å²) in [5, 5.41) is 13.1. The highest BCUT2D eigenvalue weighted by atomic mass is 16.5. The molecule has 4 nitrogen and oxygen atoms in total. The molecule has 0 bridgehead atoms. The van der Waals surface area contributed by atoms with Gasteiger partial charge in [-0.1, -0.05) is 13.8 Å². The molecular weight excluding hydrogens is 264 g/mol. The van der Waals surface area contributed by atoms with Crippen molar-refractivity contribution in [2.45, 2.75) is 45.7 Å². The molecule has 1 heterocycles. The second kappa shape index (κ2) is 7.66. The quantitative estimate of drug-likeness (QED) is 0.773. The number of phenols is 1. The Kier molecular flexibility index (Phi) is 5.88. The number of aromatic hydroxyl groups is 1. The van der Waals surface area contributed by atoms with Crippen molar-refractivity contribution >= 4 is 0 Å². The lowest BCUT2D eigenvalue weighted by molar-refractivity contribution is 0.275. The summed E-state index contributed by atoms with van der Waals surface area (Å²) in [7, 11) is 0. The zero-order valence-electron chi connectivity index (χ0n) is 13.4. The third kappa shape index (κ3) is 4.35. The van der Waals surface area contributed by atoms with Gasteiger partial charge in [-0.2, -0.15) is 0 Å². The molecule has 0 aliphatic carbocycles. The van der Waals surface area contributed by atoms with E-state index in [-0.39, 0.29) is 11.8 Å². The fourth-order valence-corrected chi connectivity index (χ4v) is 2.92. The summed E-state index contributed by atoms with van der Waals surface area (Å²) in [5.41, 5.74) is 1.16. The first-order valence-electron chi connectivity index (χ1n) is 8.08. The van der Waals surface area contributed by atoms with Gasteiger partial charge >= 0.3 is 0 Å². The van der Waals surface area contributed by atoms with Crippen molar-refractivity contribution < 1.29 is 9.84 Å². The molecule has 0 spiro atoms. The minimum atomic E-state index is 0.240. The zero-order chi connectivity index (χ0) is 15.2. The molecule has 0 saturated heterocycles. The van der Waals surface area contributed by atoms with Crippen LogP contribution in [0.2, 0.25) is 0 Å². The molecule has 0 saturated carbocycles. The van der Waals surface area contributed by atoms with Crippen LogP contribution in [0.25, 0.3) is 0 Å². The molecule has 2 atom stereocenters. The zero-order valence-corrected chi connectivity index (χ0v) is 13.4. The number of hydrogen-bond donors (Lipinski definition) is 2. The van der Waals surface area contributed by atoms with E-state index in [4.69, 9.17) is 4.74 Å². The van der Waals surface area contributed by atoms with Crippen LogP contribution in [0.15, 0.2) is 18.2 Å². The van der Waals surface area contributed by atoms with Crippen LogP contribution >= 0.6 is 0 Å². The van der Waals surface area contributed by atoms with Crippen LogP contribution in [0.1, 0.15) is 45.2 Å². The van der Waals surface area contributed by atoms with Crippen LogP contribution < -0.4 is 10.1 Å². The Labute approximate surface area is 128 Å². The second-order valence-corrected chi connectivity index (χ2v) is 5.82. The first-order valence-corrected chi connectivity index (χ1v) is 8.08. The standard InChI is InChI=1S/C17H28N2O2/c1-4-19(5-2)10-6-7-13(3)18-16-12-21-17-11-14(20)8-9-15(16)17/h8-9,11,13,16,18,20H,4-7,10,12H2,1-3H3. The lowest BCUT2D eigenvalue weighted by atomic mass is 10.1. The summed E-state index contributed by atoms with van der Waals surface area (Å²) in [6, 6.07) is 6.09. The summed E-state index contributed by atoms with van der Waals surface area (Å²) < 4.78 is 5.64. The molecule has 2 rings (SSSR count). The molecule has 1 aliphatic heterocycles. The molecule has 1 aliphatic rings. The van der Waals surface area contributed by atoms with Gasteiger partial charge in [0.1, 0.15) is 18.1 Å². The van der Waals surface area contributed by atoms with Crippen molar-refractivity contribution in [2.75, 3.05) is 26.2 Å². The lowest BCUT2D eigenvalue weighted by Gasteiger charge is -2.21. The van der Waals surface area contributed by atoms with Crippen LogP contribution in [0.5, 0.6) is 11.5 Å². The number of benzene rings is 1. The SMILES string of the molecule is CCN(CC)CCCC(C)NC1COc2cc(O)ccc21. The Balaban J connectivity index is 1.78. The Morgan fingerprint density at radius 3 is 2.86 bits per heavy atom. The van der Waals surface area contributed by atoms with E-state index in [9.17, 15) is 5.11 Å². The molecule has 118 valence electrons. The minimum Gasteiger partial charge on any atom is -0.508 e. The molecule has 2 N–H and O–H groups in total. The Hall–Kier alpha value is -1.26. The predicted octanol–water partition coefficient (Wildman–Crippen LogP) is 2.93. The number of nitrogens with one attached hydrogen (secondary N) is 1. The lowest BCUT2D eigenvalue weighted by Crippen LogP contribution is -2.32.